The normalized spacial score (nSPS) is 18.4. The van der Waals surface area contributed by atoms with Crippen LogP contribution in [0.2, 0.25) is 0 Å². The van der Waals surface area contributed by atoms with Crippen molar-refractivity contribution < 1.29 is 4.74 Å². The van der Waals surface area contributed by atoms with Crippen LogP contribution in [0, 0.1) is 6.57 Å². The fourth-order valence-electron chi connectivity index (χ4n) is 4.23. The SMILES string of the molecule is [C-]#[N+]c1nccc(OC2CCC(n3nc(-c4cnn(C)c4)c4cnc(NC)cc43)CC2)n1. The maximum Gasteiger partial charge on any atom is 0.374 e. The van der Waals surface area contributed by atoms with Crippen molar-refractivity contribution in [2.75, 3.05) is 12.4 Å². The van der Waals surface area contributed by atoms with Gasteiger partial charge in [0.25, 0.3) is 5.88 Å². The van der Waals surface area contributed by atoms with E-state index in [2.05, 4.69) is 41.0 Å². The monoisotopic (exact) mass is 429 g/mol. The number of pyridine rings is 1. The molecule has 1 fully saturated rings. The second-order valence-corrected chi connectivity index (χ2v) is 7.89. The standard InChI is InChI=1S/C22H23N9O/c1-23-19-10-18-17(12-26-19)21(14-11-27-30(3)13-14)29-31(18)15-4-6-16(7-5-15)32-20-8-9-25-22(24-2)28-20/h8-13,15-16H,4-7H2,1,3H3,(H,23,26). The molecule has 5 rings (SSSR count). The number of ether oxygens (including phenoxy) is 1. The van der Waals surface area contributed by atoms with Crippen molar-refractivity contribution in [2.24, 2.45) is 7.05 Å². The Bertz CT molecular complexity index is 1290. The molecule has 4 aromatic heterocycles. The number of anilines is 1. The third-order valence-corrected chi connectivity index (χ3v) is 5.82. The lowest BCUT2D eigenvalue weighted by Crippen LogP contribution is -2.26. The second kappa shape index (κ2) is 8.26. The molecule has 0 radical (unpaired) electrons. The minimum atomic E-state index is 0.0638. The Morgan fingerprint density at radius 3 is 2.75 bits per heavy atom. The zero-order valence-electron chi connectivity index (χ0n) is 17.9. The van der Waals surface area contributed by atoms with Crippen LogP contribution in [0.1, 0.15) is 31.7 Å². The van der Waals surface area contributed by atoms with E-state index in [1.165, 1.54) is 0 Å². The first-order valence-corrected chi connectivity index (χ1v) is 10.6. The summed E-state index contributed by atoms with van der Waals surface area (Å²) < 4.78 is 9.95. The van der Waals surface area contributed by atoms with Gasteiger partial charge >= 0.3 is 5.95 Å². The van der Waals surface area contributed by atoms with E-state index < -0.39 is 0 Å². The Labute approximate surface area is 185 Å². The smallest absolute Gasteiger partial charge is 0.374 e. The van der Waals surface area contributed by atoms with Gasteiger partial charge in [0.2, 0.25) is 0 Å². The first-order valence-electron chi connectivity index (χ1n) is 10.6. The molecule has 10 nitrogen and oxygen atoms in total. The highest BCUT2D eigenvalue weighted by atomic mass is 16.5. The van der Waals surface area contributed by atoms with Gasteiger partial charge < -0.3 is 14.9 Å². The summed E-state index contributed by atoms with van der Waals surface area (Å²) in [4.78, 5) is 15.8. The number of nitrogens with one attached hydrogen (secondary N) is 1. The first-order chi connectivity index (χ1) is 15.6. The number of nitrogens with zero attached hydrogens (tertiary/aromatic N) is 8. The predicted molar refractivity (Wildman–Crippen MR) is 119 cm³/mol. The van der Waals surface area contributed by atoms with Crippen LogP contribution in [0.5, 0.6) is 5.88 Å². The van der Waals surface area contributed by atoms with Crippen molar-refractivity contribution in [3.05, 3.63) is 48.3 Å². The summed E-state index contributed by atoms with van der Waals surface area (Å²) in [5.41, 5.74) is 2.94. The Balaban J connectivity index is 1.39. The van der Waals surface area contributed by atoms with Gasteiger partial charge in [0.1, 0.15) is 17.6 Å². The summed E-state index contributed by atoms with van der Waals surface area (Å²) in [6.45, 7) is 7.06. The van der Waals surface area contributed by atoms with E-state index in [-0.39, 0.29) is 18.1 Å². The van der Waals surface area contributed by atoms with Gasteiger partial charge in [0.05, 0.1) is 30.0 Å². The lowest BCUT2D eigenvalue weighted by Gasteiger charge is -2.28. The van der Waals surface area contributed by atoms with Crippen LogP contribution in [0.4, 0.5) is 11.8 Å². The van der Waals surface area contributed by atoms with Crippen molar-refractivity contribution in [1.82, 2.24) is 34.5 Å². The molecule has 0 spiro atoms. The fourth-order valence-corrected chi connectivity index (χ4v) is 4.23. The zero-order valence-corrected chi connectivity index (χ0v) is 17.9. The van der Waals surface area contributed by atoms with E-state index in [0.717, 1.165) is 53.7 Å². The maximum atomic E-state index is 7.06. The highest BCUT2D eigenvalue weighted by Crippen LogP contribution is 2.36. The van der Waals surface area contributed by atoms with Gasteiger partial charge in [0.15, 0.2) is 0 Å². The molecule has 0 bridgehead atoms. The van der Waals surface area contributed by atoms with Crippen LogP contribution in [-0.2, 0) is 7.05 Å². The number of hydrogen-bond donors (Lipinski definition) is 1. The number of rotatable bonds is 5. The molecule has 0 unspecified atom stereocenters. The Hall–Kier alpha value is -4.00. The highest BCUT2D eigenvalue weighted by molar-refractivity contribution is 5.93. The van der Waals surface area contributed by atoms with E-state index in [4.69, 9.17) is 16.4 Å². The molecule has 10 heteroatoms. The number of aromatic nitrogens is 7. The van der Waals surface area contributed by atoms with Gasteiger partial charge in [-0.1, -0.05) is 0 Å². The molecule has 4 heterocycles. The van der Waals surface area contributed by atoms with Gasteiger partial charge in [-0.15, -0.1) is 11.6 Å². The van der Waals surface area contributed by atoms with Gasteiger partial charge in [-0.25, -0.2) is 4.98 Å². The van der Waals surface area contributed by atoms with E-state index in [9.17, 15) is 0 Å². The first kappa shape index (κ1) is 19.9. The maximum absolute atomic E-state index is 7.06. The molecule has 0 aliphatic heterocycles. The molecule has 32 heavy (non-hydrogen) atoms. The summed E-state index contributed by atoms with van der Waals surface area (Å²) in [5.74, 6) is 1.38. The molecule has 1 aliphatic rings. The van der Waals surface area contributed by atoms with Gasteiger partial charge in [-0.05, 0) is 25.7 Å². The summed E-state index contributed by atoms with van der Waals surface area (Å²) in [6.07, 6.45) is 11.0. The molecule has 1 saturated carbocycles. The average molecular weight is 429 g/mol. The van der Waals surface area contributed by atoms with Crippen LogP contribution >= 0.6 is 0 Å². The predicted octanol–water partition coefficient (Wildman–Crippen LogP) is 3.78. The minimum absolute atomic E-state index is 0.0638. The Morgan fingerprint density at radius 1 is 1.19 bits per heavy atom. The van der Waals surface area contributed by atoms with Gasteiger partial charge in [-0.2, -0.15) is 15.2 Å². The third-order valence-electron chi connectivity index (χ3n) is 5.82. The number of fused-ring (bicyclic) bond motifs is 1. The van der Waals surface area contributed by atoms with Crippen molar-refractivity contribution >= 4 is 22.7 Å². The molecular formula is C22H23N9O. The van der Waals surface area contributed by atoms with E-state index in [1.54, 1.807) is 16.9 Å². The van der Waals surface area contributed by atoms with Crippen LogP contribution in [0.25, 0.3) is 27.0 Å². The van der Waals surface area contributed by atoms with Crippen LogP contribution in [0.3, 0.4) is 0 Å². The topological polar surface area (TPSA) is 99.9 Å². The lowest BCUT2D eigenvalue weighted by atomic mass is 9.93. The van der Waals surface area contributed by atoms with Crippen molar-refractivity contribution in [3.63, 3.8) is 0 Å². The van der Waals surface area contributed by atoms with Crippen LogP contribution < -0.4 is 10.1 Å². The Kier molecular flexibility index (Phi) is 5.15. The summed E-state index contributed by atoms with van der Waals surface area (Å²) >= 11 is 0. The average Bonchev–Trinajstić information content (AvgIpc) is 3.42. The molecular weight excluding hydrogens is 406 g/mol. The molecule has 162 valence electrons. The van der Waals surface area contributed by atoms with Crippen LogP contribution in [-0.4, -0.2) is 47.7 Å². The zero-order chi connectivity index (χ0) is 22.1. The molecule has 0 atom stereocenters. The number of hydrogen-bond acceptors (Lipinski definition) is 7. The third kappa shape index (κ3) is 3.73. The molecule has 1 N–H and O–H groups in total. The second-order valence-electron chi connectivity index (χ2n) is 7.89. The lowest BCUT2D eigenvalue weighted by molar-refractivity contribution is 0.126. The van der Waals surface area contributed by atoms with Gasteiger partial charge in [0, 0.05) is 43.5 Å². The highest BCUT2D eigenvalue weighted by Gasteiger charge is 2.27. The van der Waals surface area contributed by atoms with Crippen molar-refractivity contribution in [1.29, 1.82) is 0 Å². The summed E-state index contributed by atoms with van der Waals surface area (Å²) in [6, 6.07) is 4.02. The largest absolute Gasteiger partial charge is 0.463 e. The molecule has 0 saturated heterocycles. The van der Waals surface area contributed by atoms with Crippen molar-refractivity contribution in [3.8, 4) is 17.1 Å². The quantitative estimate of drug-likeness (QED) is 0.482. The number of aryl methyl sites for hydroxylation is 1. The summed E-state index contributed by atoms with van der Waals surface area (Å²) in [5, 5.41) is 13.5. The Morgan fingerprint density at radius 2 is 2.03 bits per heavy atom. The molecule has 0 aromatic carbocycles. The molecule has 1 aliphatic carbocycles. The fraction of sp³-hybridized carbons (Fsp3) is 0.364. The van der Waals surface area contributed by atoms with Gasteiger partial charge in [-0.3, -0.25) is 9.36 Å². The summed E-state index contributed by atoms with van der Waals surface area (Å²) in [7, 11) is 3.77. The van der Waals surface area contributed by atoms with E-state index in [1.807, 2.05) is 32.7 Å². The van der Waals surface area contributed by atoms with E-state index in [0.29, 0.717) is 5.88 Å². The van der Waals surface area contributed by atoms with Crippen LogP contribution in [0.15, 0.2) is 36.9 Å². The molecule has 4 aromatic rings. The van der Waals surface area contributed by atoms with E-state index >= 15 is 0 Å². The minimum Gasteiger partial charge on any atom is -0.463 e. The van der Waals surface area contributed by atoms with Crippen molar-refractivity contribution in [2.45, 2.75) is 37.8 Å². The molecule has 0 amide bonds.